The van der Waals surface area contributed by atoms with Crippen LogP contribution in [0.15, 0.2) is 77.7 Å². The van der Waals surface area contributed by atoms with E-state index >= 15 is 0 Å². The lowest BCUT2D eigenvalue weighted by Gasteiger charge is -2.44. The molecule has 166 valence electrons. The SMILES string of the molecule is CN1c2ccc(-c3ccccc3)cc2[C@@H]2[C@@H](CCN2S(=O)(=O)c2ccccc2F)[C@@H]1CO. The van der Waals surface area contributed by atoms with Gasteiger partial charge in [-0.3, -0.25) is 0 Å². The van der Waals surface area contributed by atoms with Gasteiger partial charge in [-0.1, -0.05) is 48.5 Å². The summed E-state index contributed by atoms with van der Waals surface area (Å²) < 4.78 is 43.0. The molecule has 0 saturated carbocycles. The molecule has 2 heterocycles. The van der Waals surface area contributed by atoms with E-state index in [-0.39, 0.29) is 30.0 Å². The zero-order valence-electron chi connectivity index (χ0n) is 17.7. The molecule has 1 fully saturated rings. The molecule has 3 aromatic rings. The second-order valence-electron chi connectivity index (χ2n) is 8.44. The third kappa shape index (κ3) is 3.23. The molecule has 0 amide bonds. The van der Waals surface area contributed by atoms with E-state index in [9.17, 15) is 17.9 Å². The highest BCUT2D eigenvalue weighted by atomic mass is 32.2. The fourth-order valence-electron chi connectivity index (χ4n) is 5.27. The zero-order valence-corrected chi connectivity index (χ0v) is 18.5. The lowest BCUT2D eigenvalue weighted by Crippen LogP contribution is -2.48. The van der Waals surface area contributed by atoms with Crippen molar-refractivity contribution in [2.24, 2.45) is 5.92 Å². The molecular formula is C25H25FN2O3S. The monoisotopic (exact) mass is 452 g/mol. The van der Waals surface area contributed by atoms with Crippen LogP contribution in [0, 0.1) is 11.7 Å². The number of halogens is 1. The van der Waals surface area contributed by atoms with Crippen LogP contribution in [0.5, 0.6) is 0 Å². The minimum atomic E-state index is -4.05. The topological polar surface area (TPSA) is 60.9 Å². The molecule has 0 bridgehead atoms. The molecule has 7 heteroatoms. The number of hydrogen-bond acceptors (Lipinski definition) is 4. The first-order valence-corrected chi connectivity index (χ1v) is 12.2. The molecule has 0 radical (unpaired) electrons. The summed E-state index contributed by atoms with van der Waals surface area (Å²) in [6, 6.07) is 20.8. The van der Waals surface area contributed by atoms with Crippen molar-refractivity contribution in [1.82, 2.24) is 4.31 Å². The Balaban J connectivity index is 1.66. The van der Waals surface area contributed by atoms with Crippen LogP contribution in [0.2, 0.25) is 0 Å². The number of rotatable bonds is 4. The zero-order chi connectivity index (χ0) is 22.5. The molecule has 0 aromatic heterocycles. The van der Waals surface area contributed by atoms with Crippen LogP contribution >= 0.6 is 0 Å². The molecule has 32 heavy (non-hydrogen) atoms. The van der Waals surface area contributed by atoms with Crippen molar-refractivity contribution >= 4 is 15.7 Å². The number of aliphatic hydroxyl groups is 1. The van der Waals surface area contributed by atoms with Crippen molar-refractivity contribution in [3.63, 3.8) is 0 Å². The third-order valence-electron chi connectivity index (χ3n) is 6.83. The van der Waals surface area contributed by atoms with Crippen molar-refractivity contribution in [3.05, 3.63) is 84.2 Å². The Labute approximate surface area is 187 Å². The number of aliphatic hydroxyl groups excluding tert-OH is 1. The summed E-state index contributed by atoms with van der Waals surface area (Å²) in [5, 5.41) is 10.1. The van der Waals surface area contributed by atoms with Gasteiger partial charge >= 0.3 is 0 Å². The quantitative estimate of drug-likeness (QED) is 0.649. The van der Waals surface area contributed by atoms with Gasteiger partial charge in [0.15, 0.2) is 0 Å². The first-order valence-electron chi connectivity index (χ1n) is 10.7. The number of hydrogen-bond donors (Lipinski definition) is 1. The molecule has 0 aliphatic carbocycles. The Kier molecular flexibility index (Phi) is 5.28. The normalized spacial score (nSPS) is 23.1. The number of sulfonamides is 1. The second kappa shape index (κ2) is 7.99. The van der Waals surface area contributed by atoms with Crippen LogP contribution in [-0.4, -0.2) is 44.1 Å². The maximum atomic E-state index is 14.5. The molecule has 0 unspecified atom stereocenters. The van der Waals surface area contributed by atoms with E-state index in [0.717, 1.165) is 22.4 Å². The lowest BCUT2D eigenvalue weighted by atomic mass is 9.81. The van der Waals surface area contributed by atoms with Crippen molar-refractivity contribution in [2.45, 2.75) is 23.4 Å². The average molecular weight is 453 g/mol. The molecule has 5 rings (SSSR count). The van der Waals surface area contributed by atoms with Crippen molar-refractivity contribution in [3.8, 4) is 11.1 Å². The van der Waals surface area contributed by atoms with Crippen LogP contribution in [0.4, 0.5) is 10.1 Å². The van der Waals surface area contributed by atoms with E-state index in [2.05, 4.69) is 0 Å². The van der Waals surface area contributed by atoms with Gasteiger partial charge in [0.2, 0.25) is 10.0 Å². The van der Waals surface area contributed by atoms with Gasteiger partial charge in [-0.15, -0.1) is 0 Å². The summed E-state index contributed by atoms with van der Waals surface area (Å²) in [6.45, 7) is 0.205. The molecule has 3 aromatic carbocycles. The first-order chi connectivity index (χ1) is 15.4. The van der Waals surface area contributed by atoms with Crippen LogP contribution in [-0.2, 0) is 10.0 Å². The maximum Gasteiger partial charge on any atom is 0.246 e. The van der Waals surface area contributed by atoms with Gasteiger partial charge in [0.1, 0.15) is 10.7 Å². The third-order valence-corrected chi connectivity index (χ3v) is 8.75. The summed E-state index contributed by atoms with van der Waals surface area (Å²) in [4.78, 5) is 1.74. The van der Waals surface area contributed by atoms with Gasteiger partial charge in [-0.25, -0.2) is 12.8 Å². The van der Waals surface area contributed by atoms with Crippen molar-refractivity contribution < 1.29 is 17.9 Å². The van der Waals surface area contributed by atoms with E-state index in [0.29, 0.717) is 6.42 Å². The van der Waals surface area contributed by atoms with Gasteiger partial charge in [0, 0.05) is 25.2 Å². The van der Waals surface area contributed by atoms with E-state index in [1.54, 1.807) is 0 Å². The van der Waals surface area contributed by atoms with Gasteiger partial charge in [-0.2, -0.15) is 4.31 Å². The van der Waals surface area contributed by atoms with E-state index in [1.165, 1.54) is 28.6 Å². The summed E-state index contributed by atoms with van der Waals surface area (Å²) in [5.74, 6) is -0.842. The Hall–Kier alpha value is -2.74. The number of likely N-dealkylation sites (N-methyl/N-ethyl adjacent to an activating group) is 1. The van der Waals surface area contributed by atoms with Gasteiger partial charge in [-0.05, 0) is 47.4 Å². The average Bonchev–Trinajstić information content (AvgIpc) is 3.26. The molecule has 3 atom stereocenters. The van der Waals surface area contributed by atoms with Gasteiger partial charge in [0.05, 0.1) is 18.7 Å². The van der Waals surface area contributed by atoms with Crippen LogP contribution in [0.1, 0.15) is 18.0 Å². The summed E-state index contributed by atoms with van der Waals surface area (Å²) in [5.41, 5.74) is 3.82. The Morgan fingerprint density at radius 2 is 1.72 bits per heavy atom. The predicted molar refractivity (Wildman–Crippen MR) is 122 cm³/mol. The molecule has 1 N–H and O–H groups in total. The summed E-state index contributed by atoms with van der Waals surface area (Å²) >= 11 is 0. The number of nitrogens with zero attached hydrogens (tertiary/aromatic N) is 2. The van der Waals surface area contributed by atoms with Crippen LogP contribution < -0.4 is 4.90 Å². The van der Waals surface area contributed by atoms with Crippen LogP contribution in [0.3, 0.4) is 0 Å². The molecule has 1 saturated heterocycles. The molecule has 2 aliphatic rings. The smallest absolute Gasteiger partial charge is 0.246 e. The lowest BCUT2D eigenvalue weighted by molar-refractivity contribution is 0.193. The van der Waals surface area contributed by atoms with Gasteiger partial charge in [0.25, 0.3) is 0 Å². The molecule has 5 nitrogen and oxygen atoms in total. The summed E-state index contributed by atoms with van der Waals surface area (Å²) in [7, 11) is -2.11. The second-order valence-corrected chi connectivity index (χ2v) is 10.3. The van der Waals surface area contributed by atoms with Crippen LogP contribution in [0.25, 0.3) is 11.1 Å². The maximum absolute atomic E-state index is 14.5. The van der Waals surface area contributed by atoms with Gasteiger partial charge < -0.3 is 10.0 Å². The highest BCUT2D eigenvalue weighted by Crippen LogP contribution is 2.51. The minimum Gasteiger partial charge on any atom is -0.394 e. The van der Waals surface area contributed by atoms with E-state index < -0.39 is 21.9 Å². The fourth-order valence-corrected chi connectivity index (χ4v) is 7.00. The Morgan fingerprint density at radius 3 is 2.44 bits per heavy atom. The Morgan fingerprint density at radius 1 is 1.00 bits per heavy atom. The highest BCUT2D eigenvalue weighted by Gasteiger charge is 2.50. The van der Waals surface area contributed by atoms with Crippen molar-refractivity contribution in [2.75, 3.05) is 25.1 Å². The summed E-state index contributed by atoms with van der Waals surface area (Å²) in [6.07, 6.45) is 0.600. The Bertz CT molecular complexity index is 1250. The predicted octanol–water partition coefficient (Wildman–Crippen LogP) is 4.06. The first kappa shape index (κ1) is 21.1. The number of benzene rings is 3. The minimum absolute atomic E-state index is 0.0782. The largest absolute Gasteiger partial charge is 0.394 e. The molecule has 2 aliphatic heterocycles. The molecular weight excluding hydrogens is 427 g/mol. The molecule has 0 spiro atoms. The van der Waals surface area contributed by atoms with E-state index in [1.807, 2.05) is 60.5 Å². The fraction of sp³-hybridized carbons (Fsp3) is 0.280. The number of fused-ring (bicyclic) bond motifs is 3. The standard InChI is InChI=1S/C25H25FN2O3S/c1-27-22-12-11-18(17-7-3-2-4-8-17)15-20(22)25-19(23(27)16-29)13-14-28(25)32(30,31)24-10-6-5-9-21(24)26/h2-12,15,19,23,25,29H,13-14,16H2,1H3/t19-,23-,25-/m0/s1. The van der Waals surface area contributed by atoms with Crippen molar-refractivity contribution in [1.29, 1.82) is 0 Å². The highest BCUT2D eigenvalue weighted by molar-refractivity contribution is 7.89. The van der Waals surface area contributed by atoms with E-state index in [4.69, 9.17) is 0 Å². The number of anilines is 1.